The Morgan fingerprint density at radius 1 is 0.529 bits per heavy atom. The van der Waals surface area contributed by atoms with E-state index >= 15 is 0 Å². The summed E-state index contributed by atoms with van der Waals surface area (Å²) in [5, 5.41) is 25.7. The second-order valence-electron chi connectivity index (χ2n) is 18.7. The summed E-state index contributed by atoms with van der Waals surface area (Å²) in [5.41, 5.74) is 5.75. The Balaban J connectivity index is 0.000000134. The van der Waals surface area contributed by atoms with Crippen molar-refractivity contribution in [2.75, 3.05) is 36.6 Å². The van der Waals surface area contributed by atoms with Crippen molar-refractivity contribution >= 4 is 35.3 Å². The van der Waals surface area contributed by atoms with E-state index in [0.29, 0.717) is 38.4 Å². The van der Waals surface area contributed by atoms with Crippen molar-refractivity contribution in [3.05, 3.63) is 175 Å². The van der Waals surface area contributed by atoms with Gasteiger partial charge in [0, 0.05) is 69.0 Å². The Morgan fingerprint density at radius 3 is 1.43 bits per heavy atom. The number of amides is 2. The number of hydrogen-bond acceptors (Lipinski definition) is 12. The maximum Gasteiger partial charge on any atom is 0.278 e. The molecule has 2 saturated carbocycles. The first-order valence-electron chi connectivity index (χ1n) is 23.2. The van der Waals surface area contributed by atoms with Crippen LogP contribution in [0, 0.1) is 11.8 Å². The molecule has 2 aliphatic carbocycles. The van der Waals surface area contributed by atoms with Crippen LogP contribution in [0.3, 0.4) is 0 Å². The van der Waals surface area contributed by atoms with Gasteiger partial charge in [-0.15, -0.1) is 23.5 Å². The molecule has 68 heavy (non-hydrogen) atoms. The number of aromatic hydroxyl groups is 2. The fourth-order valence-electron chi connectivity index (χ4n) is 11.3. The van der Waals surface area contributed by atoms with Gasteiger partial charge in [-0.2, -0.15) is 0 Å². The zero-order chi connectivity index (χ0) is 45.9. The normalized spacial score (nSPS) is 24.5. The largest absolute Gasteiger partial charge is 0.502 e. The van der Waals surface area contributed by atoms with Crippen molar-refractivity contribution in [2.45, 2.75) is 71.1 Å². The van der Waals surface area contributed by atoms with Crippen LogP contribution in [0.15, 0.2) is 129 Å². The molecule has 6 aliphatic heterocycles. The molecule has 0 spiro atoms. The molecule has 0 radical (unpaired) electrons. The molecular formula is C52H46N6O8S2. The van der Waals surface area contributed by atoms with E-state index in [1.165, 1.54) is 33.1 Å². The van der Waals surface area contributed by atoms with Crippen molar-refractivity contribution < 1.29 is 29.3 Å². The minimum Gasteiger partial charge on any atom is -0.502 e. The Bertz CT molecular complexity index is 3020. The summed E-state index contributed by atoms with van der Waals surface area (Å²) in [4.78, 5) is 57.9. The Morgan fingerprint density at radius 2 is 0.971 bits per heavy atom. The second-order valence-corrected chi connectivity index (χ2v) is 20.7. The van der Waals surface area contributed by atoms with E-state index in [-0.39, 0.29) is 47.4 Å². The van der Waals surface area contributed by atoms with Crippen LogP contribution >= 0.6 is 23.5 Å². The maximum absolute atomic E-state index is 13.6. The molecular weight excluding hydrogens is 901 g/mol. The van der Waals surface area contributed by atoms with Crippen LogP contribution in [0.4, 0.5) is 0 Å². The van der Waals surface area contributed by atoms with Gasteiger partial charge in [-0.25, -0.2) is 0 Å². The third-order valence-electron chi connectivity index (χ3n) is 14.9. The number of hydrogen-bond donors (Lipinski definition) is 2. The van der Waals surface area contributed by atoms with Crippen molar-refractivity contribution in [1.82, 2.24) is 19.2 Å². The Kier molecular flexibility index (Phi) is 9.69. The molecule has 2 aromatic heterocycles. The van der Waals surface area contributed by atoms with Gasteiger partial charge in [-0.1, -0.05) is 60.7 Å². The molecule has 0 saturated heterocycles. The monoisotopic (exact) mass is 946 g/mol. The average Bonchev–Trinajstić information content (AvgIpc) is 4.29. The molecule has 2 amide bonds. The van der Waals surface area contributed by atoms with Gasteiger partial charge in [0.15, 0.2) is 22.9 Å². The Hall–Kier alpha value is -6.78. The lowest BCUT2D eigenvalue weighted by Gasteiger charge is -2.44. The molecule has 16 heteroatoms. The summed E-state index contributed by atoms with van der Waals surface area (Å²) in [6, 6.07) is 31.4. The lowest BCUT2D eigenvalue weighted by Crippen LogP contribution is -2.56. The second kappa shape index (κ2) is 15.9. The first-order chi connectivity index (χ1) is 33.2. The van der Waals surface area contributed by atoms with E-state index in [4.69, 9.17) is 9.47 Å². The molecule has 2 N–H and O–H groups in total. The zero-order valence-electron chi connectivity index (χ0n) is 36.8. The van der Waals surface area contributed by atoms with E-state index in [1.54, 1.807) is 45.3 Å². The highest BCUT2D eigenvalue weighted by molar-refractivity contribution is 7.98. The third kappa shape index (κ3) is 6.54. The van der Waals surface area contributed by atoms with Gasteiger partial charge in [0.25, 0.3) is 11.8 Å². The number of benzene rings is 4. The van der Waals surface area contributed by atoms with Crippen molar-refractivity contribution in [3.63, 3.8) is 0 Å². The first-order valence-corrected chi connectivity index (χ1v) is 25.2. The van der Waals surface area contributed by atoms with E-state index < -0.39 is 22.4 Å². The van der Waals surface area contributed by atoms with Gasteiger partial charge in [-0.05, 0) is 84.0 Å². The fourth-order valence-corrected chi connectivity index (χ4v) is 13.5. The van der Waals surface area contributed by atoms with Gasteiger partial charge in [-0.3, -0.25) is 38.5 Å². The molecule has 6 atom stereocenters. The minimum atomic E-state index is -0.542. The number of rotatable bonds is 0. The van der Waals surface area contributed by atoms with Crippen LogP contribution in [-0.4, -0.2) is 79.8 Å². The SMILES string of the molecule is O=C1c2c(O)c(=O)ccn2N2CN1[C@@H]1C[C@@H]1CCOc1cccc3c1[C@@H]2c1ccccc1SC3.O=C1c2c(O)c(=O)ccn2N2CN1[C@@H]1C[C@@H]1CCOc1cccc3c1[C@H]2c1ccccc1SC3. The third-order valence-corrected chi connectivity index (χ3v) is 17.2. The molecule has 2 fully saturated rings. The highest BCUT2D eigenvalue weighted by Gasteiger charge is 2.51. The maximum atomic E-state index is 13.6. The number of ether oxygens (including phenoxy) is 2. The van der Waals surface area contributed by atoms with Gasteiger partial charge in [0.05, 0.1) is 13.2 Å². The molecule has 6 aromatic rings. The van der Waals surface area contributed by atoms with Crippen LogP contribution < -0.4 is 30.3 Å². The van der Waals surface area contributed by atoms with E-state index in [0.717, 1.165) is 70.9 Å². The summed E-state index contributed by atoms with van der Waals surface area (Å²) in [6.45, 7) is 1.92. The first kappa shape index (κ1) is 41.4. The number of thioether (sulfide) groups is 2. The molecule has 0 unspecified atom stereocenters. The molecule has 14 nitrogen and oxygen atoms in total. The van der Waals surface area contributed by atoms with E-state index in [2.05, 4.69) is 46.4 Å². The van der Waals surface area contributed by atoms with Gasteiger partial charge in [0.2, 0.25) is 10.9 Å². The smallest absolute Gasteiger partial charge is 0.278 e. The predicted molar refractivity (Wildman–Crippen MR) is 256 cm³/mol. The number of fused-ring (bicyclic) bond motifs is 18. The summed E-state index contributed by atoms with van der Waals surface area (Å²) in [7, 11) is 0. The van der Waals surface area contributed by atoms with Crippen LogP contribution in [-0.2, 0) is 11.5 Å². The minimum absolute atomic E-state index is 0.0398. The number of carbonyl (C=O) groups excluding carboxylic acids is 2. The highest BCUT2D eigenvalue weighted by Crippen LogP contribution is 2.51. The van der Waals surface area contributed by atoms with Gasteiger partial charge in [0.1, 0.15) is 36.9 Å². The summed E-state index contributed by atoms with van der Waals surface area (Å²) >= 11 is 3.58. The topological polar surface area (TPSA) is 150 Å². The lowest BCUT2D eigenvalue weighted by molar-refractivity contribution is 0.0646. The van der Waals surface area contributed by atoms with Crippen molar-refractivity contribution in [1.29, 1.82) is 0 Å². The summed E-state index contributed by atoms with van der Waals surface area (Å²) in [5.74, 6) is 2.48. The van der Waals surface area contributed by atoms with E-state index in [1.807, 2.05) is 58.3 Å². The number of nitrogens with zero attached hydrogens (tertiary/aromatic N) is 6. The summed E-state index contributed by atoms with van der Waals surface area (Å²) < 4.78 is 16.2. The Labute approximate surface area is 399 Å². The zero-order valence-corrected chi connectivity index (χ0v) is 38.4. The van der Waals surface area contributed by atoms with Crippen molar-refractivity contribution in [3.8, 4) is 23.0 Å². The highest BCUT2D eigenvalue weighted by atomic mass is 32.2. The molecule has 4 bridgehead atoms. The summed E-state index contributed by atoms with van der Waals surface area (Å²) in [6.07, 6.45) is 6.76. The standard InChI is InChI=1S/2C26H23N3O4S/c2*30-19-8-10-28-24(25(19)31)26(32)27-14-29(28)23-17-5-1-2-7-21(17)34-13-16-4-3-6-20(22(16)23)33-11-9-15-12-18(15)27/h2*1-8,10,15,18,23,31H,9,11-14H2/t15-,18+,23+;15-,18+,23-/m00/s1. The predicted octanol–water partition coefficient (Wildman–Crippen LogP) is 6.94. The van der Waals surface area contributed by atoms with Crippen LogP contribution in [0.2, 0.25) is 0 Å². The van der Waals surface area contributed by atoms with Crippen molar-refractivity contribution in [2.24, 2.45) is 11.8 Å². The lowest BCUT2D eigenvalue weighted by atomic mass is 9.93. The van der Waals surface area contributed by atoms with E-state index in [9.17, 15) is 29.4 Å². The molecule has 4 aromatic carbocycles. The average molecular weight is 947 g/mol. The molecule has 344 valence electrons. The number of pyridine rings is 2. The molecule has 14 rings (SSSR count). The number of carbonyl (C=O) groups is 2. The van der Waals surface area contributed by atoms with Gasteiger partial charge >= 0.3 is 0 Å². The van der Waals surface area contributed by atoms with Crippen LogP contribution in [0.1, 0.15) is 92.1 Å². The fraction of sp³-hybridized carbons (Fsp3) is 0.308. The van der Waals surface area contributed by atoms with Gasteiger partial charge < -0.3 is 29.5 Å². The van der Waals surface area contributed by atoms with Crippen LogP contribution in [0.25, 0.3) is 0 Å². The molecule has 8 aliphatic rings. The quantitative estimate of drug-likeness (QED) is 0.163. The molecule has 8 heterocycles. The van der Waals surface area contributed by atoms with Crippen LogP contribution in [0.5, 0.6) is 23.0 Å². The number of aromatic nitrogens is 2.